The van der Waals surface area contributed by atoms with Gasteiger partial charge in [0.1, 0.15) is 11.4 Å². The van der Waals surface area contributed by atoms with Crippen molar-refractivity contribution in [2.75, 3.05) is 18.6 Å². The first kappa shape index (κ1) is 18.2. The fraction of sp³-hybridized carbons (Fsp3) is 0.619. The fourth-order valence-corrected chi connectivity index (χ4v) is 8.03. The summed E-state index contributed by atoms with van der Waals surface area (Å²) in [4.78, 5) is 27.6. The van der Waals surface area contributed by atoms with Gasteiger partial charge in [0.25, 0.3) is 0 Å². The molecule has 1 aromatic carbocycles. The van der Waals surface area contributed by atoms with Gasteiger partial charge in [-0.05, 0) is 44.2 Å². The Balaban J connectivity index is 1.38. The zero-order valence-electron chi connectivity index (χ0n) is 16.2. The monoisotopic (exact) mass is 403 g/mol. The van der Waals surface area contributed by atoms with Crippen molar-refractivity contribution in [3.63, 3.8) is 0 Å². The molecule has 2 saturated carbocycles. The highest BCUT2D eigenvalue weighted by atomic mass is 32.2. The molecule has 2 aliphatic heterocycles. The largest absolute Gasteiger partial charge is 0.486 e. The van der Waals surface area contributed by atoms with Crippen molar-refractivity contribution in [2.45, 2.75) is 43.7 Å². The maximum atomic E-state index is 13.3. The highest BCUT2D eigenvalue weighted by molar-refractivity contribution is 7.91. The summed E-state index contributed by atoms with van der Waals surface area (Å²) in [5, 5.41) is 0. The predicted octanol–water partition coefficient (Wildman–Crippen LogP) is 2.08. The quantitative estimate of drug-likeness (QED) is 0.755. The Hall–Kier alpha value is -1.89. The van der Waals surface area contributed by atoms with Gasteiger partial charge in [-0.25, -0.2) is 8.42 Å². The number of hydrogen-bond acceptors (Lipinski definition) is 5. The number of benzene rings is 1. The van der Waals surface area contributed by atoms with Crippen LogP contribution in [0.15, 0.2) is 24.3 Å². The molecule has 28 heavy (non-hydrogen) atoms. The molecule has 5 rings (SSSR count). The van der Waals surface area contributed by atoms with E-state index in [1.54, 1.807) is 18.0 Å². The van der Waals surface area contributed by atoms with E-state index in [-0.39, 0.29) is 40.9 Å². The van der Waals surface area contributed by atoms with Crippen LogP contribution in [0.25, 0.3) is 0 Å². The van der Waals surface area contributed by atoms with Crippen molar-refractivity contribution in [3.8, 4) is 5.75 Å². The van der Waals surface area contributed by atoms with Crippen LogP contribution in [0, 0.1) is 17.8 Å². The molecule has 5 atom stereocenters. The van der Waals surface area contributed by atoms with E-state index in [1.807, 2.05) is 25.1 Å². The van der Waals surface area contributed by atoms with E-state index < -0.39 is 21.0 Å². The third-order valence-electron chi connectivity index (χ3n) is 7.55. The van der Waals surface area contributed by atoms with Gasteiger partial charge in [0, 0.05) is 18.9 Å². The molecule has 4 aliphatic rings. The molecule has 0 radical (unpaired) electrons. The maximum Gasteiger partial charge on any atom is 0.226 e. The summed E-state index contributed by atoms with van der Waals surface area (Å²) in [6.07, 6.45) is 2.47. The molecule has 0 bridgehead atoms. The second-order valence-electron chi connectivity index (χ2n) is 9.25. The number of Topliss-reactive ketones (excluding diaryl/α,β-unsaturated/α-hetero) is 1. The Morgan fingerprint density at radius 2 is 2.00 bits per heavy atom. The lowest BCUT2D eigenvalue weighted by Crippen LogP contribution is -2.50. The van der Waals surface area contributed by atoms with Crippen LogP contribution in [-0.2, 0) is 14.6 Å². The van der Waals surface area contributed by atoms with Crippen molar-refractivity contribution in [3.05, 3.63) is 29.8 Å². The molecule has 5 unspecified atom stereocenters. The molecule has 7 heteroatoms. The van der Waals surface area contributed by atoms with Crippen LogP contribution < -0.4 is 4.74 Å². The number of rotatable bonds is 2. The molecule has 2 aliphatic carbocycles. The zero-order valence-corrected chi connectivity index (χ0v) is 17.0. The van der Waals surface area contributed by atoms with Crippen LogP contribution in [-0.4, -0.2) is 54.7 Å². The van der Waals surface area contributed by atoms with E-state index >= 15 is 0 Å². The molecule has 1 saturated heterocycles. The van der Waals surface area contributed by atoms with E-state index in [0.717, 1.165) is 12.8 Å². The molecule has 0 aromatic heterocycles. The highest BCUT2D eigenvalue weighted by Gasteiger charge is 2.71. The molecule has 3 fully saturated rings. The lowest BCUT2D eigenvalue weighted by Gasteiger charge is -2.38. The Morgan fingerprint density at radius 3 is 2.71 bits per heavy atom. The number of ether oxygens (including phenoxy) is 1. The first-order valence-electron chi connectivity index (χ1n) is 9.95. The van der Waals surface area contributed by atoms with Gasteiger partial charge in [-0.1, -0.05) is 12.1 Å². The third kappa shape index (κ3) is 2.48. The van der Waals surface area contributed by atoms with E-state index in [0.29, 0.717) is 24.2 Å². The molecule has 150 valence electrons. The minimum absolute atomic E-state index is 0.00332. The van der Waals surface area contributed by atoms with Crippen molar-refractivity contribution in [2.24, 2.45) is 17.8 Å². The molecular weight excluding hydrogens is 378 g/mol. The van der Waals surface area contributed by atoms with E-state index in [4.69, 9.17) is 4.74 Å². The molecular formula is C21H25NO5S. The maximum absolute atomic E-state index is 13.3. The lowest BCUT2D eigenvalue weighted by atomic mass is 9.84. The third-order valence-corrected chi connectivity index (χ3v) is 9.43. The zero-order chi connectivity index (χ0) is 19.9. The van der Waals surface area contributed by atoms with Gasteiger partial charge in [-0.15, -0.1) is 0 Å². The molecule has 1 amide bonds. The topological polar surface area (TPSA) is 80.8 Å². The molecule has 1 spiro atoms. The Labute approximate surface area is 165 Å². The number of fused-ring (bicyclic) bond motifs is 3. The fourth-order valence-electron chi connectivity index (χ4n) is 5.85. The van der Waals surface area contributed by atoms with Gasteiger partial charge in [0.15, 0.2) is 15.6 Å². The van der Waals surface area contributed by atoms with Crippen LogP contribution in [0.2, 0.25) is 0 Å². The minimum atomic E-state index is -3.09. The Morgan fingerprint density at radius 1 is 1.25 bits per heavy atom. The lowest BCUT2D eigenvalue weighted by molar-refractivity contribution is -0.137. The minimum Gasteiger partial charge on any atom is -0.486 e. The van der Waals surface area contributed by atoms with Crippen LogP contribution >= 0.6 is 0 Å². The van der Waals surface area contributed by atoms with Crippen LogP contribution in [0.3, 0.4) is 0 Å². The Kier molecular flexibility index (Phi) is 3.62. The number of nitrogens with zero attached hydrogens (tertiary/aromatic N) is 1. The molecule has 1 aromatic rings. The smallest absolute Gasteiger partial charge is 0.226 e. The molecule has 2 heterocycles. The van der Waals surface area contributed by atoms with E-state index in [2.05, 4.69) is 0 Å². The first-order chi connectivity index (χ1) is 13.2. The van der Waals surface area contributed by atoms with Crippen molar-refractivity contribution in [1.29, 1.82) is 0 Å². The number of carbonyl (C=O) groups is 2. The number of hydrogen-bond donors (Lipinski definition) is 0. The van der Waals surface area contributed by atoms with Crippen molar-refractivity contribution >= 4 is 21.5 Å². The van der Waals surface area contributed by atoms with Gasteiger partial charge in [0.2, 0.25) is 5.91 Å². The van der Waals surface area contributed by atoms with Gasteiger partial charge < -0.3 is 9.64 Å². The normalized spacial score (nSPS) is 39.9. The summed E-state index contributed by atoms with van der Waals surface area (Å²) in [7, 11) is -1.36. The average Bonchev–Trinajstić information content (AvgIpc) is 3.18. The van der Waals surface area contributed by atoms with E-state index in [1.165, 1.54) is 0 Å². The predicted molar refractivity (Wildman–Crippen MR) is 103 cm³/mol. The summed E-state index contributed by atoms with van der Waals surface area (Å²) in [5.74, 6) is 0.980. The van der Waals surface area contributed by atoms with Gasteiger partial charge in [-0.3, -0.25) is 9.59 Å². The van der Waals surface area contributed by atoms with Crippen molar-refractivity contribution < 1.29 is 22.7 Å². The number of para-hydroxylation sites is 1. The molecule has 6 nitrogen and oxygen atoms in total. The molecule has 0 N–H and O–H groups in total. The summed E-state index contributed by atoms with van der Waals surface area (Å²) >= 11 is 0. The summed E-state index contributed by atoms with van der Waals surface area (Å²) < 4.78 is 30.3. The number of ketones is 1. The number of sulfone groups is 1. The second kappa shape index (κ2) is 5.59. The SMILES string of the molecule is CN(C(=O)C1C2CCC3(CC(=O)c4ccccc4O3)C21)C1(C)CCS(=O)(=O)C1. The highest BCUT2D eigenvalue weighted by Crippen LogP contribution is 2.66. The standard InChI is InChI=1S/C21H25NO5S/c1-20(9-10-28(25,26)12-20)22(2)19(24)17-14-7-8-21(18(14)17)11-15(23)13-5-3-4-6-16(13)27-21/h3-6,14,17-18H,7-12H2,1-2H3. The van der Waals surface area contributed by atoms with Crippen LogP contribution in [0.1, 0.15) is 43.0 Å². The van der Waals surface area contributed by atoms with Gasteiger partial charge in [0.05, 0.1) is 29.0 Å². The van der Waals surface area contributed by atoms with E-state index in [9.17, 15) is 18.0 Å². The number of carbonyl (C=O) groups excluding carboxylic acids is 2. The first-order valence-corrected chi connectivity index (χ1v) is 11.8. The van der Waals surface area contributed by atoms with Gasteiger partial charge in [-0.2, -0.15) is 0 Å². The number of amides is 1. The van der Waals surface area contributed by atoms with Gasteiger partial charge >= 0.3 is 0 Å². The second-order valence-corrected chi connectivity index (χ2v) is 11.4. The summed E-state index contributed by atoms with van der Waals surface area (Å²) in [6.45, 7) is 1.86. The van der Waals surface area contributed by atoms with Crippen molar-refractivity contribution in [1.82, 2.24) is 4.90 Å². The van der Waals surface area contributed by atoms with Crippen LogP contribution in [0.5, 0.6) is 5.75 Å². The van der Waals surface area contributed by atoms with Crippen LogP contribution in [0.4, 0.5) is 0 Å². The summed E-state index contributed by atoms with van der Waals surface area (Å²) in [6, 6.07) is 7.32. The Bertz CT molecular complexity index is 988. The summed E-state index contributed by atoms with van der Waals surface area (Å²) in [5.41, 5.74) is -0.601. The average molecular weight is 404 g/mol.